The molecule has 4 nitrogen and oxygen atoms in total. The highest BCUT2D eigenvalue weighted by Gasteiger charge is 2.38. The molecule has 0 unspecified atom stereocenters. The third-order valence-electron chi connectivity index (χ3n) is 12.7. The van der Waals surface area contributed by atoms with Crippen LogP contribution in [0.1, 0.15) is 25.0 Å². The predicted octanol–water partition coefficient (Wildman–Crippen LogP) is 14.2. The quantitative estimate of drug-likeness (QED) is 0.180. The Hall–Kier alpha value is -7.08. The summed E-state index contributed by atoms with van der Waals surface area (Å²) < 4.78 is 7.13. The molecule has 0 saturated heterocycles. The van der Waals surface area contributed by atoms with Gasteiger partial charge in [0, 0.05) is 48.0 Å². The molecule has 4 heterocycles. The van der Waals surface area contributed by atoms with Gasteiger partial charge in [0.05, 0.1) is 43.7 Å². The first-order valence-corrected chi connectivity index (χ1v) is 20.7. The Kier molecular flexibility index (Phi) is 6.36. The van der Waals surface area contributed by atoms with Gasteiger partial charge in [0.15, 0.2) is 0 Å². The fourth-order valence-electron chi connectivity index (χ4n) is 10.2. The highest BCUT2D eigenvalue weighted by Crippen LogP contribution is 2.54. The van der Waals surface area contributed by atoms with Crippen molar-refractivity contribution in [2.24, 2.45) is 0 Å². The van der Waals surface area contributed by atoms with Gasteiger partial charge < -0.3 is 4.57 Å². The Morgan fingerprint density at radius 2 is 1.12 bits per heavy atom. The molecule has 4 aromatic heterocycles. The van der Waals surface area contributed by atoms with Gasteiger partial charge in [-0.2, -0.15) is 0 Å². The number of hydrogen-bond donors (Lipinski definition) is 0. The van der Waals surface area contributed by atoms with Crippen LogP contribution in [0.2, 0.25) is 0 Å². The molecule has 0 bridgehead atoms. The van der Waals surface area contributed by atoms with E-state index in [0.29, 0.717) is 5.95 Å². The lowest BCUT2D eigenvalue weighted by atomic mass is 9.82. The minimum Gasteiger partial charge on any atom is -0.309 e. The zero-order valence-electron chi connectivity index (χ0n) is 31.9. The SMILES string of the molecule is CC1(C)c2ccccc2-c2c1ccc1c2c2c3ccccc3c(-n3c4ccccc4c4ccccc43)cc2n1-c1nc(-c2ccccc2)c2sc3ccccc3c2n1. The van der Waals surface area contributed by atoms with Gasteiger partial charge in [-0.3, -0.25) is 4.57 Å². The molecule has 0 fully saturated rings. The first-order valence-electron chi connectivity index (χ1n) is 19.9. The van der Waals surface area contributed by atoms with E-state index in [-0.39, 0.29) is 5.41 Å². The summed E-state index contributed by atoms with van der Waals surface area (Å²) in [4.78, 5) is 11.2. The summed E-state index contributed by atoms with van der Waals surface area (Å²) >= 11 is 1.77. The molecule has 0 radical (unpaired) electrons. The molecule has 58 heavy (non-hydrogen) atoms. The Balaban J connectivity index is 1.26. The van der Waals surface area contributed by atoms with Crippen molar-refractivity contribution in [3.05, 3.63) is 181 Å². The van der Waals surface area contributed by atoms with Crippen molar-refractivity contribution in [2.75, 3.05) is 0 Å². The molecule has 5 heteroatoms. The average Bonchev–Trinajstić information content (AvgIpc) is 3.98. The number of rotatable bonds is 3. The van der Waals surface area contributed by atoms with Gasteiger partial charge >= 0.3 is 0 Å². The van der Waals surface area contributed by atoms with Gasteiger partial charge in [0.25, 0.3) is 0 Å². The third kappa shape index (κ3) is 4.13. The number of fused-ring (bicyclic) bond motifs is 15. The van der Waals surface area contributed by atoms with Crippen LogP contribution in [-0.2, 0) is 5.41 Å². The summed E-state index contributed by atoms with van der Waals surface area (Å²) in [6.07, 6.45) is 0. The van der Waals surface area contributed by atoms with Crippen LogP contribution in [0.5, 0.6) is 0 Å². The second-order valence-corrected chi connectivity index (χ2v) is 17.2. The molecular formula is C53H34N4S. The standard InChI is InChI=1S/C53H34N4S/c1-53(2)38-24-12-8-22-36(38)46-39(53)28-29-42-48(46)47-35-21-7-6-20-34(35)43(56-40-25-13-9-18-32(40)33-19-10-14-26-41(33)56)30-44(47)57(42)52-54-49(31-16-4-3-5-17-31)51-50(55-52)37-23-11-15-27-45(37)58-51/h3-30H,1-2H3. The first kappa shape index (κ1) is 32.1. The molecule has 12 aromatic rings. The molecule has 272 valence electrons. The lowest BCUT2D eigenvalue weighted by molar-refractivity contribution is 0.661. The van der Waals surface area contributed by atoms with Crippen LogP contribution >= 0.6 is 11.3 Å². The van der Waals surface area contributed by atoms with E-state index in [2.05, 4.69) is 193 Å². The summed E-state index contributed by atoms with van der Waals surface area (Å²) in [5.74, 6) is 0.670. The van der Waals surface area contributed by atoms with Crippen molar-refractivity contribution in [2.45, 2.75) is 19.3 Å². The lowest BCUT2D eigenvalue weighted by Crippen LogP contribution is -2.14. The van der Waals surface area contributed by atoms with Crippen molar-refractivity contribution in [3.63, 3.8) is 0 Å². The van der Waals surface area contributed by atoms with Gasteiger partial charge in [0.1, 0.15) is 0 Å². The Morgan fingerprint density at radius 1 is 0.483 bits per heavy atom. The van der Waals surface area contributed by atoms with Gasteiger partial charge in [-0.15, -0.1) is 11.3 Å². The van der Waals surface area contributed by atoms with Crippen molar-refractivity contribution in [3.8, 4) is 34.0 Å². The fourth-order valence-corrected chi connectivity index (χ4v) is 11.3. The first-order chi connectivity index (χ1) is 28.6. The minimum atomic E-state index is -0.154. The van der Waals surface area contributed by atoms with Gasteiger partial charge in [-0.05, 0) is 58.0 Å². The van der Waals surface area contributed by atoms with E-state index in [1.54, 1.807) is 11.3 Å². The zero-order valence-corrected chi connectivity index (χ0v) is 32.7. The summed E-state index contributed by atoms with van der Waals surface area (Å²) in [7, 11) is 0. The molecule has 1 aliphatic carbocycles. The number of aromatic nitrogens is 4. The number of thiophene rings is 1. The number of para-hydroxylation sites is 2. The minimum absolute atomic E-state index is 0.154. The molecule has 8 aromatic carbocycles. The molecule has 0 aliphatic heterocycles. The van der Waals surface area contributed by atoms with Crippen molar-refractivity contribution >= 4 is 86.0 Å². The topological polar surface area (TPSA) is 35.6 Å². The molecule has 0 N–H and O–H groups in total. The summed E-state index contributed by atoms with van der Waals surface area (Å²) in [5, 5.41) is 8.51. The number of benzene rings is 8. The van der Waals surface area contributed by atoms with E-state index in [4.69, 9.17) is 9.97 Å². The largest absolute Gasteiger partial charge is 0.309 e. The second kappa shape index (κ2) is 11.5. The lowest BCUT2D eigenvalue weighted by Gasteiger charge is -2.21. The van der Waals surface area contributed by atoms with E-state index in [9.17, 15) is 0 Å². The summed E-state index contributed by atoms with van der Waals surface area (Å²) in [6.45, 7) is 4.73. The smallest absolute Gasteiger partial charge is 0.235 e. The van der Waals surface area contributed by atoms with Crippen LogP contribution in [0.3, 0.4) is 0 Å². The van der Waals surface area contributed by atoms with Crippen LogP contribution in [0, 0.1) is 0 Å². The molecule has 0 amide bonds. The highest BCUT2D eigenvalue weighted by molar-refractivity contribution is 7.26. The number of nitrogens with zero attached hydrogens (tertiary/aromatic N) is 4. The molecular weight excluding hydrogens is 725 g/mol. The molecule has 13 rings (SSSR count). The third-order valence-corrected chi connectivity index (χ3v) is 13.9. The van der Waals surface area contributed by atoms with Gasteiger partial charge in [-0.1, -0.05) is 153 Å². The summed E-state index contributed by atoms with van der Waals surface area (Å²) in [5.41, 5.74) is 13.9. The Labute approximate surface area is 337 Å². The van der Waals surface area contributed by atoms with E-state index >= 15 is 0 Å². The Morgan fingerprint density at radius 3 is 1.90 bits per heavy atom. The van der Waals surface area contributed by atoms with Crippen molar-refractivity contribution in [1.29, 1.82) is 0 Å². The molecule has 1 aliphatic rings. The fraction of sp³-hybridized carbons (Fsp3) is 0.0566. The van der Waals surface area contributed by atoms with Crippen LogP contribution in [0.4, 0.5) is 0 Å². The van der Waals surface area contributed by atoms with Gasteiger partial charge in [-0.25, -0.2) is 9.97 Å². The average molecular weight is 759 g/mol. The zero-order chi connectivity index (χ0) is 38.3. The maximum atomic E-state index is 5.60. The molecule has 0 atom stereocenters. The highest BCUT2D eigenvalue weighted by atomic mass is 32.1. The normalized spacial score (nSPS) is 13.5. The van der Waals surface area contributed by atoms with Gasteiger partial charge in [0.2, 0.25) is 5.95 Å². The maximum absolute atomic E-state index is 5.60. The van der Waals surface area contributed by atoms with E-state index in [0.717, 1.165) is 43.6 Å². The second-order valence-electron chi connectivity index (χ2n) is 16.1. The molecule has 0 spiro atoms. The maximum Gasteiger partial charge on any atom is 0.235 e. The van der Waals surface area contributed by atoms with Crippen LogP contribution in [0.15, 0.2) is 170 Å². The van der Waals surface area contributed by atoms with E-state index in [1.807, 2.05) is 0 Å². The van der Waals surface area contributed by atoms with Crippen LogP contribution in [-0.4, -0.2) is 19.1 Å². The predicted molar refractivity (Wildman–Crippen MR) is 244 cm³/mol. The van der Waals surface area contributed by atoms with E-state index in [1.165, 1.54) is 70.3 Å². The van der Waals surface area contributed by atoms with E-state index < -0.39 is 0 Å². The van der Waals surface area contributed by atoms with Crippen LogP contribution < -0.4 is 0 Å². The van der Waals surface area contributed by atoms with Crippen molar-refractivity contribution < 1.29 is 0 Å². The summed E-state index contributed by atoms with van der Waals surface area (Å²) in [6, 6.07) is 61.9. The number of hydrogen-bond acceptors (Lipinski definition) is 3. The Bertz CT molecular complexity index is 3660. The monoisotopic (exact) mass is 758 g/mol. The van der Waals surface area contributed by atoms with Crippen LogP contribution in [0.25, 0.3) is 109 Å². The van der Waals surface area contributed by atoms with Crippen molar-refractivity contribution in [1.82, 2.24) is 19.1 Å². The molecule has 0 saturated carbocycles.